The lowest BCUT2D eigenvalue weighted by molar-refractivity contribution is 0.0198. The van der Waals surface area contributed by atoms with Crippen LogP contribution >= 0.6 is 11.8 Å². The summed E-state index contributed by atoms with van der Waals surface area (Å²) in [5.41, 5.74) is -1.06. The summed E-state index contributed by atoms with van der Waals surface area (Å²) in [5.74, 6) is -0.427. The predicted molar refractivity (Wildman–Crippen MR) is 84.2 cm³/mol. The summed E-state index contributed by atoms with van der Waals surface area (Å²) in [6.45, 7) is 5.81. The number of amides is 1. The lowest BCUT2D eigenvalue weighted by Gasteiger charge is -2.25. The highest BCUT2D eigenvalue weighted by Crippen LogP contribution is 2.27. The van der Waals surface area contributed by atoms with Gasteiger partial charge in [-0.15, -0.1) is 0 Å². The highest BCUT2D eigenvalue weighted by molar-refractivity contribution is 7.91. The van der Waals surface area contributed by atoms with E-state index in [2.05, 4.69) is 0 Å². The summed E-state index contributed by atoms with van der Waals surface area (Å²) in [5, 5.41) is 0. The normalized spacial score (nSPS) is 21.7. The molecule has 0 aromatic carbocycles. The van der Waals surface area contributed by atoms with Crippen LogP contribution in [0.5, 0.6) is 0 Å². The zero-order valence-electron chi connectivity index (χ0n) is 13.5. The molecule has 0 N–H and O–H groups in total. The molecule has 1 unspecified atom stereocenters. The number of rotatable bonds is 12. The zero-order chi connectivity index (χ0) is 17.3. The van der Waals surface area contributed by atoms with Crippen molar-refractivity contribution in [3.8, 4) is 0 Å². The number of hydrogen-bond acceptors (Lipinski definition) is 7. The van der Waals surface area contributed by atoms with Gasteiger partial charge in [0, 0.05) is 18.4 Å². The third kappa shape index (κ3) is 7.21. The predicted octanol–water partition coefficient (Wildman–Crippen LogP) is 0.836. The van der Waals surface area contributed by atoms with Crippen LogP contribution in [-0.4, -0.2) is 82.2 Å². The SMILES string of the molecule is CCOCCOCCOCCS(=O)(=O)CC1(C)COC(=O)N1Cl. The maximum atomic E-state index is 12.1. The van der Waals surface area contributed by atoms with Crippen molar-refractivity contribution in [2.45, 2.75) is 19.4 Å². The minimum absolute atomic E-state index is 0.0525. The lowest BCUT2D eigenvalue weighted by atomic mass is 10.1. The second-order valence-corrected chi connectivity index (χ2v) is 7.87. The van der Waals surface area contributed by atoms with E-state index >= 15 is 0 Å². The van der Waals surface area contributed by atoms with Crippen LogP contribution in [-0.2, 0) is 28.8 Å². The van der Waals surface area contributed by atoms with E-state index < -0.39 is 21.5 Å². The molecule has 0 aromatic rings. The molecule has 0 aromatic heterocycles. The van der Waals surface area contributed by atoms with Crippen molar-refractivity contribution in [2.75, 3.05) is 57.8 Å². The molecular formula is C13H24ClNO7S. The van der Waals surface area contributed by atoms with Gasteiger partial charge in [0.05, 0.1) is 44.5 Å². The number of nitrogens with zero attached hydrogens (tertiary/aromatic N) is 1. The minimum Gasteiger partial charge on any atom is -0.446 e. The number of hydrogen-bond donors (Lipinski definition) is 0. The second kappa shape index (κ2) is 9.63. The van der Waals surface area contributed by atoms with Gasteiger partial charge in [-0.1, -0.05) is 0 Å². The van der Waals surface area contributed by atoms with Crippen molar-refractivity contribution in [3.63, 3.8) is 0 Å². The molecule has 1 fully saturated rings. The van der Waals surface area contributed by atoms with Crippen LogP contribution < -0.4 is 0 Å². The third-order valence-corrected chi connectivity index (χ3v) is 5.56. The Balaban J connectivity index is 2.17. The molecule has 1 rings (SSSR count). The van der Waals surface area contributed by atoms with Crippen molar-refractivity contribution in [1.29, 1.82) is 0 Å². The van der Waals surface area contributed by atoms with Crippen LogP contribution in [0.1, 0.15) is 13.8 Å². The molecule has 10 heteroatoms. The summed E-state index contributed by atoms with van der Waals surface area (Å²) < 4.78 is 45.3. The molecule has 1 saturated heterocycles. The Morgan fingerprint density at radius 3 is 2.26 bits per heavy atom. The molecule has 1 aliphatic rings. The quantitative estimate of drug-likeness (QED) is 0.369. The lowest BCUT2D eigenvalue weighted by Crippen LogP contribution is -2.45. The molecule has 0 saturated carbocycles. The molecule has 0 spiro atoms. The molecular weight excluding hydrogens is 350 g/mol. The van der Waals surface area contributed by atoms with Crippen molar-refractivity contribution in [3.05, 3.63) is 0 Å². The maximum absolute atomic E-state index is 12.1. The molecule has 0 aliphatic carbocycles. The summed E-state index contributed by atoms with van der Waals surface area (Å²) in [7, 11) is -3.43. The van der Waals surface area contributed by atoms with E-state index in [0.29, 0.717) is 33.0 Å². The van der Waals surface area contributed by atoms with Gasteiger partial charge < -0.3 is 18.9 Å². The summed E-state index contributed by atoms with van der Waals surface area (Å²) in [4.78, 5) is 11.2. The molecule has 1 heterocycles. The van der Waals surface area contributed by atoms with Crippen molar-refractivity contribution in [1.82, 2.24) is 4.42 Å². The van der Waals surface area contributed by atoms with Crippen LogP contribution in [0, 0.1) is 0 Å². The van der Waals surface area contributed by atoms with Gasteiger partial charge in [-0.25, -0.2) is 17.6 Å². The fraction of sp³-hybridized carbons (Fsp3) is 0.923. The standard InChI is InChI=1S/C13H24ClNO7S/c1-3-19-4-5-20-6-7-21-8-9-23(17,18)11-13(2)10-22-12(16)15(13)14/h3-11H2,1-2H3. The van der Waals surface area contributed by atoms with Gasteiger partial charge in [-0.2, -0.15) is 0 Å². The van der Waals surface area contributed by atoms with Crippen LogP contribution in [0.2, 0.25) is 0 Å². The largest absolute Gasteiger partial charge is 0.446 e. The molecule has 136 valence electrons. The highest BCUT2D eigenvalue weighted by Gasteiger charge is 2.46. The van der Waals surface area contributed by atoms with Crippen molar-refractivity contribution < 1.29 is 32.2 Å². The third-order valence-electron chi connectivity index (χ3n) is 3.16. The van der Waals surface area contributed by atoms with Gasteiger partial charge in [0.25, 0.3) is 0 Å². The van der Waals surface area contributed by atoms with Gasteiger partial charge in [0.2, 0.25) is 0 Å². The van der Waals surface area contributed by atoms with E-state index in [1.54, 1.807) is 6.92 Å². The first kappa shape index (κ1) is 20.4. The van der Waals surface area contributed by atoms with E-state index in [9.17, 15) is 13.2 Å². The smallest absolute Gasteiger partial charge is 0.425 e. The molecule has 1 aliphatic heterocycles. The fourth-order valence-corrected chi connectivity index (χ4v) is 3.87. The van der Waals surface area contributed by atoms with E-state index in [4.69, 9.17) is 30.7 Å². The summed E-state index contributed by atoms with van der Waals surface area (Å²) >= 11 is 5.77. The van der Waals surface area contributed by atoms with E-state index in [-0.39, 0.29) is 24.7 Å². The average Bonchev–Trinajstić information content (AvgIpc) is 2.72. The number of halogens is 1. The molecule has 0 bridgehead atoms. The van der Waals surface area contributed by atoms with Gasteiger partial charge in [-0.05, 0) is 13.8 Å². The van der Waals surface area contributed by atoms with Crippen LogP contribution in [0.25, 0.3) is 0 Å². The monoisotopic (exact) mass is 373 g/mol. The van der Waals surface area contributed by atoms with E-state index in [1.165, 1.54) is 0 Å². The summed E-state index contributed by atoms with van der Waals surface area (Å²) in [6.07, 6.45) is -0.732. The number of ether oxygens (including phenoxy) is 4. The van der Waals surface area contributed by atoms with E-state index in [1.807, 2.05) is 6.92 Å². The topological polar surface area (TPSA) is 91.4 Å². The Morgan fingerprint density at radius 2 is 1.74 bits per heavy atom. The Labute approximate surface area is 142 Å². The molecule has 1 amide bonds. The number of cyclic esters (lactones) is 1. The van der Waals surface area contributed by atoms with Crippen molar-refractivity contribution in [2.24, 2.45) is 0 Å². The highest BCUT2D eigenvalue weighted by atomic mass is 35.5. The Bertz CT molecular complexity index is 473. The Kier molecular flexibility index (Phi) is 8.56. The zero-order valence-corrected chi connectivity index (χ0v) is 15.0. The molecule has 8 nitrogen and oxygen atoms in total. The average molecular weight is 374 g/mol. The second-order valence-electron chi connectivity index (χ2n) is 5.35. The maximum Gasteiger partial charge on any atom is 0.425 e. The van der Waals surface area contributed by atoms with Crippen LogP contribution in [0.15, 0.2) is 0 Å². The molecule has 1 atom stereocenters. The van der Waals surface area contributed by atoms with Gasteiger partial charge >= 0.3 is 6.09 Å². The summed E-state index contributed by atoms with van der Waals surface area (Å²) in [6, 6.07) is 0. The van der Waals surface area contributed by atoms with E-state index in [0.717, 1.165) is 4.42 Å². The Hall–Kier alpha value is -0.610. The van der Waals surface area contributed by atoms with Gasteiger partial charge in [0.1, 0.15) is 12.1 Å². The molecule has 23 heavy (non-hydrogen) atoms. The fourth-order valence-electron chi connectivity index (χ4n) is 1.97. The van der Waals surface area contributed by atoms with Crippen LogP contribution in [0.4, 0.5) is 4.79 Å². The first-order chi connectivity index (χ1) is 10.8. The number of sulfone groups is 1. The van der Waals surface area contributed by atoms with Crippen molar-refractivity contribution >= 4 is 27.7 Å². The number of carbonyl (C=O) groups is 1. The van der Waals surface area contributed by atoms with Gasteiger partial charge in [0.15, 0.2) is 9.84 Å². The van der Waals surface area contributed by atoms with Gasteiger partial charge in [-0.3, -0.25) is 0 Å². The molecule has 0 radical (unpaired) electrons. The van der Waals surface area contributed by atoms with Crippen LogP contribution in [0.3, 0.4) is 0 Å². The first-order valence-corrected chi connectivity index (χ1v) is 9.53. The Morgan fingerprint density at radius 1 is 1.17 bits per heavy atom. The number of carbonyl (C=O) groups excluding carboxylic acids is 1. The minimum atomic E-state index is -3.43. The first-order valence-electron chi connectivity index (χ1n) is 7.37.